The van der Waals surface area contributed by atoms with Gasteiger partial charge in [0.2, 0.25) is 5.91 Å². The molecule has 2 aliphatic heterocycles. The van der Waals surface area contributed by atoms with E-state index in [9.17, 15) is 9.18 Å². The lowest BCUT2D eigenvalue weighted by atomic mass is 10.0. The number of likely N-dealkylation sites (tertiary alicyclic amines) is 2. The number of aromatic nitrogens is 2. The minimum Gasteiger partial charge on any atom is -0.339 e. The minimum atomic E-state index is -0.389. The Bertz CT molecular complexity index is 445. The van der Waals surface area contributed by atoms with Crippen molar-refractivity contribution < 1.29 is 13.8 Å². The van der Waals surface area contributed by atoms with Crippen LogP contribution in [0, 0.1) is 5.92 Å². The zero-order valence-electron chi connectivity index (χ0n) is 11.4. The Kier molecular flexibility index (Phi) is 3.95. The van der Waals surface area contributed by atoms with E-state index in [4.69, 9.17) is 0 Å². The summed E-state index contributed by atoms with van der Waals surface area (Å²) in [4.78, 5) is 16.1. The van der Waals surface area contributed by atoms with E-state index in [2.05, 4.69) is 19.8 Å². The van der Waals surface area contributed by atoms with E-state index >= 15 is 0 Å². The van der Waals surface area contributed by atoms with Crippen molar-refractivity contribution in [3.63, 3.8) is 0 Å². The molecule has 110 valence electrons. The number of amides is 1. The van der Waals surface area contributed by atoms with Crippen LogP contribution in [0.25, 0.3) is 0 Å². The Morgan fingerprint density at radius 1 is 1.40 bits per heavy atom. The maximum absolute atomic E-state index is 12.7. The molecule has 6 nitrogen and oxygen atoms in total. The summed E-state index contributed by atoms with van der Waals surface area (Å²) < 4.78 is 17.3. The van der Waals surface area contributed by atoms with Crippen LogP contribution in [-0.4, -0.2) is 58.4 Å². The van der Waals surface area contributed by atoms with E-state index < -0.39 is 0 Å². The Hall–Kier alpha value is -1.50. The van der Waals surface area contributed by atoms with E-state index in [1.165, 1.54) is 0 Å². The van der Waals surface area contributed by atoms with Crippen molar-refractivity contribution in [2.75, 3.05) is 26.3 Å². The largest absolute Gasteiger partial charge is 0.339 e. The predicted octanol–water partition coefficient (Wildman–Crippen LogP) is 0.852. The van der Waals surface area contributed by atoms with Crippen LogP contribution in [0.5, 0.6) is 0 Å². The van der Waals surface area contributed by atoms with Crippen molar-refractivity contribution >= 4 is 5.91 Å². The zero-order valence-corrected chi connectivity index (χ0v) is 11.4. The first-order chi connectivity index (χ1) is 9.76. The van der Waals surface area contributed by atoms with Gasteiger partial charge in [0.05, 0.1) is 12.9 Å². The molecule has 0 radical (unpaired) electrons. The van der Waals surface area contributed by atoms with Gasteiger partial charge in [0.15, 0.2) is 0 Å². The molecule has 1 aromatic heterocycles. The Morgan fingerprint density at radius 2 is 2.20 bits per heavy atom. The van der Waals surface area contributed by atoms with Crippen molar-refractivity contribution in [3.8, 4) is 0 Å². The second-order valence-electron chi connectivity index (χ2n) is 5.68. The number of rotatable bonds is 4. The fraction of sp³-hybridized carbons (Fsp3) is 0.769. The number of halogens is 1. The van der Waals surface area contributed by atoms with E-state index in [0.717, 1.165) is 38.2 Å². The van der Waals surface area contributed by atoms with Gasteiger partial charge < -0.3 is 4.90 Å². The number of carbonyl (C=O) groups is 1. The number of alkyl halides is 1. The Labute approximate surface area is 116 Å². The summed E-state index contributed by atoms with van der Waals surface area (Å²) in [7, 11) is 0. The molecule has 0 N–H and O–H groups in total. The lowest BCUT2D eigenvalue weighted by molar-refractivity contribution is -0.130. The highest BCUT2D eigenvalue weighted by atomic mass is 19.1. The van der Waals surface area contributed by atoms with E-state index in [1.54, 1.807) is 6.20 Å². The molecule has 0 aromatic carbocycles. The fourth-order valence-corrected chi connectivity index (χ4v) is 3.14. The van der Waals surface area contributed by atoms with Crippen LogP contribution < -0.4 is 0 Å². The summed E-state index contributed by atoms with van der Waals surface area (Å²) in [5.74, 6) is 0.0218. The molecule has 2 saturated heterocycles. The van der Waals surface area contributed by atoms with Crippen molar-refractivity contribution in [3.05, 3.63) is 11.9 Å². The smallest absolute Gasteiger partial charge is 0.223 e. The first kappa shape index (κ1) is 13.5. The molecule has 2 aliphatic rings. The number of hydrogen-bond acceptors (Lipinski definition) is 5. The summed E-state index contributed by atoms with van der Waals surface area (Å²) in [6.45, 7) is 2.77. The quantitative estimate of drug-likeness (QED) is 0.819. The Morgan fingerprint density at radius 3 is 2.80 bits per heavy atom. The van der Waals surface area contributed by atoms with Crippen LogP contribution in [0.15, 0.2) is 10.8 Å². The van der Waals surface area contributed by atoms with E-state index in [-0.39, 0.29) is 24.5 Å². The van der Waals surface area contributed by atoms with Crippen LogP contribution in [-0.2, 0) is 11.3 Å². The molecular weight excluding hydrogens is 263 g/mol. The lowest BCUT2D eigenvalue weighted by Crippen LogP contribution is -2.45. The molecule has 0 bridgehead atoms. The molecule has 7 heteroatoms. The van der Waals surface area contributed by atoms with Gasteiger partial charge in [-0.3, -0.25) is 14.1 Å². The highest BCUT2D eigenvalue weighted by Gasteiger charge is 2.35. The molecular formula is C13H19FN4O2. The molecule has 0 aliphatic carbocycles. The number of carbonyl (C=O) groups excluding carboxylic acids is 1. The van der Waals surface area contributed by atoms with Crippen LogP contribution in [0.1, 0.15) is 25.0 Å². The van der Waals surface area contributed by atoms with Crippen molar-refractivity contribution in [2.24, 2.45) is 5.92 Å². The van der Waals surface area contributed by atoms with Crippen LogP contribution in [0.4, 0.5) is 4.39 Å². The lowest BCUT2D eigenvalue weighted by Gasteiger charge is -2.36. The fourth-order valence-electron chi connectivity index (χ4n) is 3.14. The third-order valence-electron chi connectivity index (χ3n) is 4.25. The maximum atomic E-state index is 12.7. The van der Waals surface area contributed by atoms with Gasteiger partial charge in [-0.25, -0.2) is 4.63 Å². The molecule has 1 atom stereocenters. The van der Waals surface area contributed by atoms with Gasteiger partial charge in [-0.15, -0.1) is 0 Å². The Balaban J connectivity index is 1.50. The molecule has 1 unspecified atom stereocenters. The average molecular weight is 282 g/mol. The van der Waals surface area contributed by atoms with Gasteiger partial charge in [0, 0.05) is 44.6 Å². The molecule has 3 rings (SSSR count). The van der Waals surface area contributed by atoms with Crippen LogP contribution in [0.3, 0.4) is 0 Å². The predicted molar refractivity (Wildman–Crippen MR) is 68.4 cm³/mol. The highest BCUT2D eigenvalue weighted by Crippen LogP contribution is 2.26. The SMILES string of the molecule is O=C1CC(CF)CN1C1CCN(Cc2cnon2)CC1. The third-order valence-corrected chi connectivity index (χ3v) is 4.25. The van der Waals surface area contributed by atoms with E-state index in [0.29, 0.717) is 13.0 Å². The molecule has 20 heavy (non-hydrogen) atoms. The topological polar surface area (TPSA) is 62.5 Å². The second kappa shape index (κ2) is 5.87. The number of nitrogens with zero attached hydrogens (tertiary/aromatic N) is 4. The number of piperidine rings is 1. The minimum absolute atomic E-state index is 0.0956. The molecule has 0 spiro atoms. The van der Waals surface area contributed by atoms with Crippen molar-refractivity contribution in [2.45, 2.75) is 31.8 Å². The standard InChI is InChI=1S/C13H19FN4O2/c14-6-10-5-13(19)18(8-10)12-1-3-17(4-2-12)9-11-7-15-20-16-11/h7,10,12H,1-6,8-9H2. The van der Waals surface area contributed by atoms with Crippen molar-refractivity contribution in [1.29, 1.82) is 0 Å². The normalized spacial score (nSPS) is 25.6. The molecule has 0 saturated carbocycles. The highest BCUT2D eigenvalue weighted by molar-refractivity contribution is 5.79. The summed E-state index contributed by atoms with van der Waals surface area (Å²) in [5, 5.41) is 7.40. The number of hydrogen-bond donors (Lipinski definition) is 0. The monoisotopic (exact) mass is 282 g/mol. The zero-order chi connectivity index (χ0) is 13.9. The van der Waals surface area contributed by atoms with Gasteiger partial charge in [0.1, 0.15) is 5.69 Å². The first-order valence-electron chi connectivity index (χ1n) is 7.10. The average Bonchev–Trinajstić information content (AvgIpc) is 3.09. The van der Waals surface area contributed by atoms with Gasteiger partial charge in [-0.1, -0.05) is 10.3 Å². The van der Waals surface area contributed by atoms with Crippen LogP contribution in [0.2, 0.25) is 0 Å². The molecule has 1 amide bonds. The van der Waals surface area contributed by atoms with Crippen molar-refractivity contribution in [1.82, 2.24) is 20.1 Å². The second-order valence-corrected chi connectivity index (χ2v) is 5.68. The molecule has 3 heterocycles. The summed E-state index contributed by atoms with van der Waals surface area (Å²) >= 11 is 0. The first-order valence-corrected chi connectivity index (χ1v) is 7.10. The van der Waals surface area contributed by atoms with Gasteiger partial charge in [-0.2, -0.15) is 0 Å². The summed E-state index contributed by atoms with van der Waals surface area (Å²) in [6, 6.07) is 0.269. The maximum Gasteiger partial charge on any atom is 0.223 e. The van der Waals surface area contributed by atoms with Crippen LogP contribution >= 0.6 is 0 Å². The van der Waals surface area contributed by atoms with Gasteiger partial charge in [0.25, 0.3) is 0 Å². The summed E-state index contributed by atoms with van der Waals surface area (Å²) in [5.41, 5.74) is 0.832. The van der Waals surface area contributed by atoms with Gasteiger partial charge in [-0.05, 0) is 12.8 Å². The summed E-state index contributed by atoms with van der Waals surface area (Å²) in [6.07, 6.45) is 3.88. The molecule has 2 fully saturated rings. The molecule has 1 aromatic rings. The van der Waals surface area contributed by atoms with Gasteiger partial charge >= 0.3 is 0 Å². The third kappa shape index (κ3) is 2.82. The van der Waals surface area contributed by atoms with E-state index in [1.807, 2.05) is 4.90 Å².